The molecule has 2 aromatic carbocycles. The van der Waals surface area contributed by atoms with E-state index in [1.54, 1.807) is 48.2 Å². The Morgan fingerprint density at radius 3 is 2.33 bits per heavy atom. The fraction of sp³-hybridized carbons (Fsp3) is 0.571. The molecule has 46 heavy (non-hydrogen) atoms. The maximum absolute atomic E-state index is 14.3. The Bertz CT molecular complexity index is 1370. The van der Waals surface area contributed by atoms with Crippen LogP contribution in [-0.4, -0.2) is 87.0 Å². The largest absolute Gasteiger partial charge is 0.497 e. The van der Waals surface area contributed by atoms with Crippen LogP contribution in [0.2, 0.25) is 0 Å². The minimum atomic E-state index is -0.726. The molecule has 0 aromatic heterocycles. The number of piperidine rings is 1. The van der Waals surface area contributed by atoms with Crippen LogP contribution in [0, 0.1) is 18.8 Å². The Morgan fingerprint density at radius 2 is 1.67 bits per heavy atom. The summed E-state index contributed by atoms with van der Waals surface area (Å²) >= 11 is 0. The van der Waals surface area contributed by atoms with Crippen molar-refractivity contribution in [2.75, 3.05) is 52.9 Å². The molecule has 1 saturated heterocycles. The van der Waals surface area contributed by atoms with E-state index in [-0.39, 0.29) is 30.9 Å². The van der Waals surface area contributed by atoms with Crippen molar-refractivity contribution in [1.29, 1.82) is 0 Å². The minimum absolute atomic E-state index is 0.0881. The first-order chi connectivity index (χ1) is 21.9. The van der Waals surface area contributed by atoms with Gasteiger partial charge in [-0.25, -0.2) is 4.79 Å². The van der Waals surface area contributed by atoms with Gasteiger partial charge in [-0.1, -0.05) is 12.1 Å². The van der Waals surface area contributed by atoms with Gasteiger partial charge in [-0.3, -0.25) is 9.59 Å². The lowest BCUT2D eigenvalue weighted by atomic mass is 9.87. The molecule has 1 saturated carbocycles. The molecule has 1 aliphatic heterocycles. The van der Waals surface area contributed by atoms with Crippen molar-refractivity contribution in [2.45, 2.75) is 71.6 Å². The molecule has 1 aliphatic carbocycles. The number of methoxy groups -OCH3 is 3. The number of nitrogens with zero attached hydrogens (tertiary/aromatic N) is 2. The van der Waals surface area contributed by atoms with Gasteiger partial charge in [0, 0.05) is 51.9 Å². The number of hydrogen-bond donors (Lipinski definition) is 1. The second kappa shape index (κ2) is 15.5. The van der Waals surface area contributed by atoms with Gasteiger partial charge in [0.05, 0.1) is 38.3 Å². The molecule has 11 heteroatoms. The Kier molecular flexibility index (Phi) is 11.8. The normalized spacial score (nSPS) is 18.0. The number of nitrogens with one attached hydrogen (secondary N) is 1. The number of aryl methyl sites for hydroxylation is 1. The van der Waals surface area contributed by atoms with Crippen LogP contribution in [0.5, 0.6) is 17.2 Å². The number of ether oxygens (including phenoxy) is 5. The molecule has 0 radical (unpaired) electrons. The summed E-state index contributed by atoms with van der Waals surface area (Å²) in [6, 6.07) is 11.3. The number of carbonyl (C=O) groups excluding carboxylic acids is 3. The third-order valence-corrected chi connectivity index (χ3v) is 8.09. The van der Waals surface area contributed by atoms with E-state index in [0.29, 0.717) is 49.1 Å². The quantitative estimate of drug-likeness (QED) is 0.289. The van der Waals surface area contributed by atoms with Gasteiger partial charge in [0.1, 0.15) is 22.8 Å². The molecule has 11 nitrogen and oxygen atoms in total. The molecule has 1 heterocycles. The van der Waals surface area contributed by atoms with Gasteiger partial charge in [-0.15, -0.1) is 0 Å². The van der Waals surface area contributed by atoms with Gasteiger partial charge in [-0.2, -0.15) is 0 Å². The lowest BCUT2D eigenvalue weighted by Crippen LogP contribution is -2.53. The van der Waals surface area contributed by atoms with Crippen molar-refractivity contribution >= 4 is 23.6 Å². The standard InChI is InChI=1S/C35H49N3O8/c1-23-10-8-11-30(44-7)31(23)36-32(39)25-18-26(22-37(21-25)34(41)46-35(2,3)4)33(40)38(27-12-13-27)20-24-16-28(43-6)19-29(17-24)45-15-9-14-42-5/h8,10-11,16-17,19,25-27H,9,12-15,18,20-22H2,1-7H3,(H,36,39)/t25-,26+/m0/s1. The summed E-state index contributed by atoms with van der Waals surface area (Å²) in [7, 11) is 4.81. The summed E-state index contributed by atoms with van der Waals surface area (Å²) in [5.41, 5.74) is 1.57. The third kappa shape index (κ3) is 9.51. The highest BCUT2D eigenvalue weighted by Crippen LogP contribution is 2.35. The molecule has 0 bridgehead atoms. The molecule has 2 atom stereocenters. The zero-order valence-corrected chi connectivity index (χ0v) is 28.2. The Morgan fingerprint density at radius 1 is 0.957 bits per heavy atom. The van der Waals surface area contributed by atoms with E-state index >= 15 is 0 Å². The predicted molar refractivity (Wildman–Crippen MR) is 174 cm³/mol. The third-order valence-electron chi connectivity index (χ3n) is 8.09. The van der Waals surface area contributed by atoms with Crippen molar-refractivity contribution in [1.82, 2.24) is 9.80 Å². The van der Waals surface area contributed by atoms with Crippen molar-refractivity contribution in [3.05, 3.63) is 47.5 Å². The number of para-hydroxylation sites is 1. The maximum Gasteiger partial charge on any atom is 0.410 e. The van der Waals surface area contributed by atoms with Crippen LogP contribution in [0.3, 0.4) is 0 Å². The zero-order valence-electron chi connectivity index (χ0n) is 28.2. The van der Waals surface area contributed by atoms with E-state index in [9.17, 15) is 14.4 Å². The molecule has 0 spiro atoms. The molecule has 2 fully saturated rings. The van der Waals surface area contributed by atoms with Gasteiger partial charge in [0.25, 0.3) is 0 Å². The molecule has 0 unspecified atom stereocenters. The van der Waals surface area contributed by atoms with Gasteiger partial charge in [-0.05, 0) is 76.3 Å². The second-order valence-corrected chi connectivity index (χ2v) is 13.1. The Hall–Kier alpha value is -3.99. The highest BCUT2D eigenvalue weighted by molar-refractivity contribution is 5.96. The topological polar surface area (TPSA) is 116 Å². The second-order valence-electron chi connectivity index (χ2n) is 13.1. The van der Waals surface area contributed by atoms with Crippen molar-refractivity contribution in [3.8, 4) is 17.2 Å². The summed E-state index contributed by atoms with van der Waals surface area (Å²) in [6.45, 7) is 9.03. The van der Waals surface area contributed by atoms with Crippen LogP contribution >= 0.6 is 0 Å². The monoisotopic (exact) mass is 639 g/mol. The first-order valence-electron chi connectivity index (χ1n) is 15.9. The highest BCUT2D eigenvalue weighted by Gasteiger charge is 2.43. The van der Waals surface area contributed by atoms with E-state index in [1.807, 2.05) is 42.2 Å². The summed E-state index contributed by atoms with van der Waals surface area (Å²) in [5, 5.41) is 3.01. The molecule has 3 amide bonds. The smallest absolute Gasteiger partial charge is 0.410 e. The molecular weight excluding hydrogens is 590 g/mol. The van der Waals surface area contributed by atoms with E-state index in [0.717, 1.165) is 30.4 Å². The minimum Gasteiger partial charge on any atom is -0.497 e. The van der Waals surface area contributed by atoms with Crippen LogP contribution in [0.25, 0.3) is 0 Å². The predicted octanol–water partition coefficient (Wildman–Crippen LogP) is 5.43. The first-order valence-corrected chi connectivity index (χ1v) is 15.9. The number of anilines is 1. The van der Waals surface area contributed by atoms with E-state index in [4.69, 9.17) is 23.7 Å². The van der Waals surface area contributed by atoms with Crippen LogP contribution in [0.1, 0.15) is 57.6 Å². The van der Waals surface area contributed by atoms with E-state index < -0.39 is 23.5 Å². The van der Waals surface area contributed by atoms with Crippen LogP contribution in [-0.2, 0) is 25.6 Å². The molecule has 1 N–H and O–H groups in total. The fourth-order valence-corrected chi connectivity index (χ4v) is 5.66. The Labute approximate surface area is 272 Å². The summed E-state index contributed by atoms with van der Waals surface area (Å²) in [6.07, 6.45) is 2.30. The summed E-state index contributed by atoms with van der Waals surface area (Å²) < 4.78 is 27.8. The summed E-state index contributed by atoms with van der Waals surface area (Å²) in [4.78, 5) is 44.7. The van der Waals surface area contributed by atoms with Crippen molar-refractivity contribution in [3.63, 3.8) is 0 Å². The van der Waals surface area contributed by atoms with Crippen molar-refractivity contribution < 1.29 is 38.1 Å². The number of benzene rings is 2. The lowest BCUT2D eigenvalue weighted by Gasteiger charge is -2.39. The Balaban J connectivity index is 1.57. The van der Waals surface area contributed by atoms with Crippen LogP contribution in [0.4, 0.5) is 10.5 Å². The SMILES string of the molecule is COCCCOc1cc(CN(C(=O)[C@@H]2C[C@H](C(=O)Nc3c(C)cccc3OC)CN(C(=O)OC(C)(C)C)C2)C2CC2)cc(OC)c1. The molecule has 252 valence electrons. The first kappa shape index (κ1) is 34.9. The van der Waals surface area contributed by atoms with Gasteiger partial charge < -0.3 is 38.8 Å². The molecular formula is C35H49N3O8. The number of rotatable bonds is 13. The van der Waals surface area contributed by atoms with Crippen LogP contribution in [0.15, 0.2) is 36.4 Å². The molecule has 2 aromatic rings. The number of likely N-dealkylation sites (tertiary alicyclic amines) is 1. The molecule has 4 rings (SSSR count). The van der Waals surface area contributed by atoms with Gasteiger partial charge in [0.2, 0.25) is 11.8 Å². The summed E-state index contributed by atoms with van der Waals surface area (Å²) in [5.74, 6) is 0.245. The lowest BCUT2D eigenvalue weighted by molar-refractivity contribution is -0.140. The van der Waals surface area contributed by atoms with E-state index in [2.05, 4.69) is 5.32 Å². The zero-order chi connectivity index (χ0) is 33.4. The number of carbonyl (C=O) groups is 3. The molecule has 2 aliphatic rings. The van der Waals surface area contributed by atoms with Crippen LogP contribution < -0.4 is 19.5 Å². The van der Waals surface area contributed by atoms with Gasteiger partial charge >= 0.3 is 6.09 Å². The van der Waals surface area contributed by atoms with E-state index in [1.165, 1.54) is 4.90 Å². The number of amides is 3. The fourth-order valence-electron chi connectivity index (χ4n) is 5.66. The average molecular weight is 640 g/mol. The van der Waals surface area contributed by atoms with Crippen molar-refractivity contribution in [2.24, 2.45) is 11.8 Å². The number of hydrogen-bond acceptors (Lipinski definition) is 8. The maximum atomic E-state index is 14.3. The highest BCUT2D eigenvalue weighted by atomic mass is 16.6. The van der Waals surface area contributed by atoms with Gasteiger partial charge in [0.15, 0.2) is 0 Å². The average Bonchev–Trinajstić information content (AvgIpc) is 3.87.